The molecule has 0 aromatic carbocycles. The zero-order valence-electron chi connectivity index (χ0n) is 8.02. The summed E-state index contributed by atoms with van der Waals surface area (Å²) in [5.74, 6) is 1.28. The third-order valence-electron chi connectivity index (χ3n) is 2.62. The highest BCUT2D eigenvalue weighted by molar-refractivity contribution is 6.50. The molecule has 0 spiro atoms. The van der Waals surface area contributed by atoms with Gasteiger partial charge in [0.05, 0.1) is 0 Å². The Balaban J connectivity index is 1.72. The first-order chi connectivity index (χ1) is 6.68. The van der Waals surface area contributed by atoms with Gasteiger partial charge in [0.25, 0.3) is 0 Å². The third kappa shape index (κ3) is 2.67. The maximum atomic E-state index is 5.92. The van der Waals surface area contributed by atoms with E-state index in [0.717, 1.165) is 38.4 Å². The Bertz CT molecular complexity index is 240. The van der Waals surface area contributed by atoms with Crippen LogP contribution in [0.25, 0.3) is 0 Å². The minimum atomic E-state index is -0.488. The van der Waals surface area contributed by atoms with Crippen LogP contribution in [0.4, 0.5) is 0 Å². The Morgan fingerprint density at radius 1 is 1.50 bits per heavy atom. The van der Waals surface area contributed by atoms with Gasteiger partial charge in [-0.2, -0.15) is 0 Å². The summed E-state index contributed by atoms with van der Waals surface area (Å²) in [7, 11) is 0. The summed E-state index contributed by atoms with van der Waals surface area (Å²) in [5.41, 5.74) is 0. The van der Waals surface area contributed by atoms with E-state index < -0.39 is 4.33 Å². The zero-order chi connectivity index (χ0) is 10.0. The third-order valence-corrected chi connectivity index (χ3v) is 3.54. The average Bonchev–Trinajstić information content (AvgIpc) is 2.81. The van der Waals surface area contributed by atoms with E-state index in [-0.39, 0.29) is 0 Å². The predicted octanol–water partition coefficient (Wildman–Crippen LogP) is 1.51. The van der Waals surface area contributed by atoms with Crippen LogP contribution in [0.2, 0.25) is 0 Å². The monoisotopic (exact) mass is 235 g/mol. The molecule has 14 heavy (non-hydrogen) atoms. The highest BCUT2D eigenvalue weighted by Crippen LogP contribution is 2.52. The minimum Gasteiger partial charge on any atom is -0.356 e. The Morgan fingerprint density at radius 3 is 3.00 bits per heavy atom. The summed E-state index contributed by atoms with van der Waals surface area (Å²) < 4.78 is -0.488. The number of hydrogen-bond acceptors (Lipinski definition) is 3. The number of halogens is 2. The van der Waals surface area contributed by atoms with Crippen molar-refractivity contribution in [2.75, 3.05) is 19.6 Å². The number of rotatable bonds is 2. The molecule has 1 heterocycles. The van der Waals surface area contributed by atoms with E-state index in [1.807, 2.05) is 0 Å². The van der Waals surface area contributed by atoms with Crippen LogP contribution in [0, 0.1) is 5.92 Å². The first-order valence-electron chi connectivity index (χ1n) is 5.08. The molecule has 0 unspecified atom stereocenters. The lowest BCUT2D eigenvalue weighted by Crippen LogP contribution is -2.38. The van der Waals surface area contributed by atoms with Crippen LogP contribution in [-0.4, -0.2) is 29.9 Å². The van der Waals surface area contributed by atoms with Gasteiger partial charge in [-0.3, -0.25) is 4.99 Å². The molecule has 1 aliphatic carbocycles. The first-order valence-corrected chi connectivity index (χ1v) is 5.84. The molecule has 0 aromatic heterocycles. The molecule has 2 aliphatic rings. The molecule has 0 saturated heterocycles. The quantitative estimate of drug-likeness (QED) is 0.713. The van der Waals surface area contributed by atoms with E-state index in [4.69, 9.17) is 23.2 Å². The second-order valence-corrected chi connectivity index (χ2v) is 5.45. The molecule has 0 aromatic rings. The topological polar surface area (TPSA) is 36.4 Å². The molecule has 0 radical (unpaired) electrons. The van der Waals surface area contributed by atoms with Crippen LogP contribution in [0.3, 0.4) is 0 Å². The Morgan fingerprint density at radius 2 is 2.29 bits per heavy atom. The van der Waals surface area contributed by atoms with Gasteiger partial charge in [0.1, 0.15) is 4.33 Å². The second kappa shape index (κ2) is 4.15. The Labute approximate surface area is 94.2 Å². The van der Waals surface area contributed by atoms with Gasteiger partial charge in [0.15, 0.2) is 5.96 Å². The lowest BCUT2D eigenvalue weighted by Gasteiger charge is -2.09. The summed E-state index contributed by atoms with van der Waals surface area (Å²) in [6.45, 7) is 2.73. The summed E-state index contributed by atoms with van der Waals surface area (Å²) in [5, 5.41) is 6.49. The predicted molar refractivity (Wildman–Crippen MR) is 60.1 cm³/mol. The molecule has 2 N–H and O–H groups in total. The maximum Gasteiger partial charge on any atom is 0.191 e. The van der Waals surface area contributed by atoms with Crippen LogP contribution in [0.1, 0.15) is 19.3 Å². The fourth-order valence-corrected chi connectivity index (χ4v) is 2.05. The zero-order valence-corrected chi connectivity index (χ0v) is 9.53. The van der Waals surface area contributed by atoms with E-state index >= 15 is 0 Å². The minimum absolute atomic E-state index is 0.374. The molecular weight excluding hydrogens is 221 g/mol. The normalized spacial score (nSPS) is 29.9. The van der Waals surface area contributed by atoms with Gasteiger partial charge < -0.3 is 10.6 Å². The summed E-state index contributed by atoms with van der Waals surface area (Å²) >= 11 is 11.8. The highest BCUT2D eigenvalue weighted by atomic mass is 35.5. The molecule has 1 aliphatic heterocycles. The van der Waals surface area contributed by atoms with E-state index in [9.17, 15) is 0 Å². The van der Waals surface area contributed by atoms with Crippen LogP contribution in [-0.2, 0) is 0 Å². The summed E-state index contributed by atoms with van der Waals surface area (Å²) in [6.07, 6.45) is 3.24. The Kier molecular flexibility index (Phi) is 3.07. The molecule has 1 atom stereocenters. The van der Waals surface area contributed by atoms with Crippen molar-refractivity contribution in [1.29, 1.82) is 0 Å². The highest BCUT2D eigenvalue weighted by Gasteiger charge is 2.51. The van der Waals surface area contributed by atoms with Crippen molar-refractivity contribution in [2.45, 2.75) is 23.6 Å². The number of nitrogens with zero attached hydrogens (tertiary/aromatic N) is 1. The standard InChI is InChI=1S/C9H15Cl2N3/c10-9(11)5-7(9)6-14-8-12-3-1-2-4-13-8/h7H,1-6H2,(H2,12,13,14)/t7-/m0/s1. The molecule has 2 rings (SSSR count). The van der Waals surface area contributed by atoms with E-state index in [1.165, 1.54) is 6.42 Å². The summed E-state index contributed by atoms with van der Waals surface area (Å²) in [4.78, 5) is 4.38. The van der Waals surface area contributed by atoms with Gasteiger partial charge in [-0.1, -0.05) is 0 Å². The van der Waals surface area contributed by atoms with Crippen LogP contribution in [0.5, 0.6) is 0 Å². The van der Waals surface area contributed by atoms with Gasteiger partial charge in [-0.25, -0.2) is 0 Å². The molecule has 5 heteroatoms. The number of hydrogen-bond donors (Lipinski definition) is 2. The second-order valence-electron chi connectivity index (χ2n) is 3.91. The van der Waals surface area contributed by atoms with E-state index in [2.05, 4.69) is 15.6 Å². The fraction of sp³-hybridized carbons (Fsp3) is 0.889. The van der Waals surface area contributed by atoms with Gasteiger partial charge in [0.2, 0.25) is 0 Å². The van der Waals surface area contributed by atoms with Gasteiger partial charge in [-0.15, -0.1) is 23.2 Å². The van der Waals surface area contributed by atoms with Gasteiger partial charge >= 0.3 is 0 Å². The molecular formula is C9H15Cl2N3. The van der Waals surface area contributed by atoms with Gasteiger partial charge in [0, 0.05) is 25.6 Å². The number of aliphatic imine (C=N–C) groups is 1. The smallest absolute Gasteiger partial charge is 0.191 e. The van der Waals surface area contributed by atoms with Crippen LogP contribution in [0.15, 0.2) is 4.99 Å². The van der Waals surface area contributed by atoms with Crippen LogP contribution < -0.4 is 10.6 Å². The van der Waals surface area contributed by atoms with Crippen molar-refractivity contribution >= 4 is 29.2 Å². The Hall–Kier alpha value is -0.150. The first kappa shape index (κ1) is 10.4. The van der Waals surface area contributed by atoms with Crippen molar-refractivity contribution in [3.8, 4) is 0 Å². The number of alkyl halides is 2. The SMILES string of the molecule is ClC1(Cl)C[C@H]1CNC1=NCCCCN1. The average molecular weight is 236 g/mol. The van der Waals surface area contributed by atoms with E-state index in [1.54, 1.807) is 0 Å². The van der Waals surface area contributed by atoms with Crippen molar-refractivity contribution in [1.82, 2.24) is 10.6 Å². The fourth-order valence-electron chi connectivity index (χ4n) is 1.52. The molecule has 80 valence electrons. The maximum absolute atomic E-state index is 5.92. The van der Waals surface area contributed by atoms with Crippen molar-refractivity contribution in [3.05, 3.63) is 0 Å². The van der Waals surface area contributed by atoms with Crippen molar-refractivity contribution in [3.63, 3.8) is 0 Å². The number of guanidine groups is 1. The lowest BCUT2D eigenvalue weighted by molar-refractivity contribution is 0.723. The molecule has 0 bridgehead atoms. The van der Waals surface area contributed by atoms with E-state index in [0.29, 0.717) is 5.92 Å². The molecule has 1 saturated carbocycles. The molecule has 3 nitrogen and oxygen atoms in total. The molecule has 0 amide bonds. The van der Waals surface area contributed by atoms with Crippen molar-refractivity contribution < 1.29 is 0 Å². The largest absolute Gasteiger partial charge is 0.356 e. The molecule has 1 fully saturated rings. The van der Waals surface area contributed by atoms with Crippen LogP contribution >= 0.6 is 23.2 Å². The summed E-state index contributed by atoms with van der Waals surface area (Å²) in [6, 6.07) is 0. The van der Waals surface area contributed by atoms with Crippen molar-refractivity contribution in [2.24, 2.45) is 10.9 Å². The lowest BCUT2D eigenvalue weighted by atomic mass is 10.3. The number of nitrogens with one attached hydrogen (secondary N) is 2. The van der Waals surface area contributed by atoms with Gasteiger partial charge in [-0.05, 0) is 19.3 Å².